The van der Waals surface area contributed by atoms with E-state index in [2.05, 4.69) is 4.98 Å². The van der Waals surface area contributed by atoms with Gasteiger partial charge in [0.25, 0.3) is 0 Å². The Labute approximate surface area is 127 Å². The van der Waals surface area contributed by atoms with Crippen LogP contribution >= 0.6 is 0 Å². The highest BCUT2D eigenvalue weighted by atomic mass is 16.5. The molecule has 1 unspecified atom stereocenters. The van der Waals surface area contributed by atoms with Crippen LogP contribution in [0.15, 0.2) is 18.3 Å². The van der Waals surface area contributed by atoms with E-state index in [4.69, 9.17) is 9.47 Å². The van der Waals surface area contributed by atoms with Crippen molar-refractivity contribution in [3.8, 4) is 5.75 Å². The van der Waals surface area contributed by atoms with Crippen molar-refractivity contribution in [3.63, 3.8) is 0 Å². The number of hydrogen-bond acceptors (Lipinski definition) is 6. The van der Waals surface area contributed by atoms with Gasteiger partial charge in [-0.25, -0.2) is 4.98 Å². The van der Waals surface area contributed by atoms with Crippen LogP contribution < -0.4 is 4.74 Å². The van der Waals surface area contributed by atoms with Gasteiger partial charge >= 0.3 is 5.97 Å². The van der Waals surface area contributed by atoms with Crippen LogP contribution in [0.4, 0.5) is 0 Å². The van der Waals surface area contributed by atoms with Crippen molar-refractivity contribution < 1.29 is 24.2 Å². The predicted octanol–water partition coefficient (Wildman–Crippen LogP) is 1.07. The molecule has 118 valence electrons. The van der Waals surface area contributed by atoms with E-state index in [9.17, 15) is 14.7 Å². The molecule has 2 rings (SSSR count). The summed E-state index contributed by atoms with van der Waals surface area (Å²) in [6, 6.07) is 3.43. The normalized spacial score (nSPS) is 12.2. The predicted molar refractivity (Wildman–Crippen MR) is 77.7 cm³/mol. The SMILES string of the molecule is CCOC(=O)C(C(C)=O)c1nc2c(OC)cccn2c1CO. The summed E-state index contributed by atoms with van der Waals surface area (Å²) >= 11 is 0. The number of ether oxygens (including phenoxy) is 2. The molecule has 0 bridgehead atoms. The molecular formula is C15H18N2O5. The van der Waals surface area contributed by atoms with Crippen molar-refractivity contribution in [2.24, 2.45) is 0 Å². The number of aliphatic hydroxyl groups excluding tert-OH is 1. The average Bonchev–Trinajstić information content (AvgIpc) is 2.85. The van der Waals surface area contributed by atoms with Crippen LogP contribution in [-0.4, -0.2) is 40.0 Å². The number of fused-ring (bicyclic) bond motifs is 1. The molecule has 0 radical (unpaired) electrons. The van der Waals surface area contributed by atoms with Gasteiger partial charge in [0.1, 0.15) is 5.78 Å². The second kappa shape index (κ2) is 6.57. The molecule has 2 aromatic heterocycles. The summed E-state index contributed by atoms with van der Waals surface area (Å²) in [7, 11) is 1.50. The molecule has 1 atom stereocenters. The largest absolute Gasteiger partial charge is 0.493 e. The van der Waals surface area contributed by atoms with Crippen LogP contribution in [0.1, 0.15) is 31.2 Å². The number of esters is 1. The summed E-state index contributed by atoms with van der Waals surface area (Å²) in [5, 5.41) is 9.65. The first-order valence-corrected chi connectivity index (χ1v) is 6.86. The zero-order valence-electron chi connectivity index (χ0n) is 12.7. The highest BCUT2D eigenvalue weighted by Crippen LogP contribution is 2.28. The lowest BCUT2D eigenvalue weighted by Gasteiger charge is -2.11. The molecule has 2 aromatic rings. The summed E-state index contributed by atoms with van der Waals surface area (Å²) in [6.45, 7) is 2.75. The van der Waals surface area contributed by atoms with Crippen molar-refractivity contribution in [1.29, 1.82) is 0 Å². The van der Waals surface area contributed by atoms with Crippen LogP contribution in [0.3, 0.4) is 0 Å². The summed E-state index contributed by atoms with van der Waals surface area (Å²) in [5.41, 5.74) is 0.986. The maximum absolute atomic E-state index is 12.1. The number of hydrogen-bond donors (Lipinski definition) is 1. The topological polar surface area (TPSA) is 90.1 Å². The van der Waals surface area contributed by atoms with Crippen molar-refractivity contribution in [2.75, 3.05) is 13.7 Å². The molecule has 0 spiro atoms. The number of carbonyl (C=O) groups excluding carboxylic acids is 2. The second-order valence-corrected chi connectivity index (χ2v) is 4.67. The quantitative estimate of drug-likeness (QED) is 0.634. The molecule has 2 heterocycles. The molecule has 7 nitrogen and oxygen atoms in total. The summed E-state index contributed by atoms with van der Waals surface area (Å²) in [4.78, 5) is 28.3. The fraction of sp³-hybridized carbons (Fsp3) is 0.400. The Kier molecular flexibility index (Phi) is 4.77. The number of aliphatic hydroxyl groups is 1. The van der Waals surface area contributed by atoms with Crippen LogP contribution in [-0.2, 0) is 20.9 Å². The number of pyridine rings is 1. The first-order chi connectivity index (χ1) is 10.5. The van der Waals surface area contributed by atoms with Gasteiger partial charge in [0.2, 0.25) is 0 Å². The number of rotatable bonds is 6. The van der Waals surface area contributed by atoms with Gasteiger partial charge in [0.05, 0.1) is 31.7 Å². The molecule has 0 saturated heterocycles. The number of imidazole rings is 1. The van der Waals surface area contributed by atoms with E-state index in [1.807, 2.05) is 0 Å². The molecule has 0 aliphatic carbocycles. The van der Waals surface area contributed by atoms with E-state index in [-0.39, 0.29) is 18.9 Å². The van der Waals surface area contributed by atoms with Crippen LogP contribution in [0.5, 0.6) is 5.75 Å². The van der Waals surface area contributed by atoms with Gasteiger partial charge in [-0.15, -0.1) is 0 Å². The third kappa shape index (κ3) is 2.67. The molecule has 0 saturated carbocycles. The average molecular weight is 306 g/mol. The third-order valence-corrected chi connectivity index (χ3v) is 3.32. The van der Waals surface area contributed by atoms with Crippen molar-refractivity contribution in [2.45, 2.75) is 26.4 Å². The number of methoxy groups -OCH3 is 1. The lowest BCUT2D eigenvalue weighted by atomic mass is 9.99. The molecule has 0 fully saturated rings. The first kappa shape index (κ1) is 16.0. The molecule has 0 aromatic carbocycles. The Morgan fingerprint density at radius 2 is 2.18 bits per heavy atom. The van der Waals surface area contributed by atoms with Gasteiger partial charge in [-0.05, 0) is 26.0 Å². The Morgan fingerprint density at radius 1 is 1.45 bits per heavy atom. The fourth-order valence-corrected chi connectivity index (χ4v) is 2.35. The van der Waals surface area contributed by atoms with Gasteiger partial charge in [0, 0.05) is 6.20 Å². The first-order valence-electron chi connectivity index (χ1n) is 6.86. The second-order valence-electron chi connectivity index (χ2n) is 4.67. The maximum Gasteiger partial charge on any atom is 0.322 e. The van der Waals surface area contributed by atoms with Crippen molar-refractivity contribution in [3.05, 3.63) is 29.7 Å². The highest BCUT2D eigenvalue weighted by molar-refractivity contribution is 6.03. The number of aromatic nitrogens is 2. The number of Topliss-reactive ketones (excluding diaryl/α,β-unsaturated/α-hetero) is 1. The molecule has 22 heavy (non-hydrogen) atoms. The zero-order chi connectivity index (χ0) is 16.3. The molecule has 0 aliphatic rings. The number of ketones is 1. The van der Waals surface area contributed by atoms with E-state index >= 15 is 0 Å². The number of carbonyl (C=O) groups is 2. The third-order valence-electron chi connectivity index (χ3n) is 3.32. The van der Waals surface area contributed by atoms with E-state index in [0.29, 0.717) is 17.1 Å². The van der Waals surface area contributed by atoms with E-state index in [0.717, 1.165) is 0 Å². The van der Waals surface area contributed by atoms with Gasteiger partial charge in [-0.1, -0.05) is 0 Å². The Morgan fingerprint density at radius 3 is 2.73 bits per heavy atom. The zero-order valence-corrected chi connectivity index (χ0v) is 12.7. The van der Waals surface area contributed by atoms with Crippen LogP contribution in [0.25, 0.3) is 5.65 Å². The Balaban J connectivity index is 2.67. The van der Waals surface area contributed by atoms with E-state index in [1.165, 1.54) is 14.0 Å². The fourth-order valence-electron chi connectivity index (χ4n) is 2.35. The van der Waals surface area contributed by atoms with E-state index in [1.54, 1.807) is 29.7 Å². The minimum atomic E-state index is -1.16. The lowest BCUT2D eigenvalue weighted by molar-refractivity contribution is -0.147. The maximum atomic E-state index is 12.1. The van der Waals surface area contributed by atoms with Gasteiger partial charge in [-0.3, -0.25) is 14.0 Å². The minimum absolute atomic E-state index is 0.160. The Bertz CT molecular complexity index is 707. The van der Waals surface area contributed by atoms with Crippen molar-refractivity contribution in [1.82, 2.24) is 9.38 Å². The monoisotopic (exact) mass is 306 g/mol. The molecule has 0 amide bonds. The van der Waals surface area contributed by atoms with Gasteiger partial charge in [0.15, 0.2) is 17.3 Å². The lowest BCUT2D eigenvalue weighted by Crippen LogP contribution is -2.24. The summed E-state index contributed by atoms with van der Waals surface area (Å²) < 4.78 is 11.8. The van der Waals surface area contributed by atoms with Crippen LogP contribution in [0, 0.1) is 0 Å². The summed E-state index contributed by atoms with van der Waals surface area (Å²) in [6.07, 6.45) is 1.68. The molecule has 1 N–H and O–H groups in total. The smallest absolute Gasteiger partial charge is 0.322 e. The van der Waals surface area contributed by atoms with Crippen molar-refractivity contribution >= 4 is 17.4 Å². The van der Waals surface area contributed by atoms with Gasteiger partial charge in [-0.2, -0.15) is 0 Å². The minimum Gasteiger partial charge on any atom is -0.493 e. The molecule has 0 aliphatic heterocycles. The highest BCUT2D eigenvalue weighted by Gasteiger charge is 2.32. The number of nitrogens with zero attached hydrogens (tertiary/aromatic N) is 2. The van der Waals surface area contributed by atoms with E-state index < -0.39 is 17.7 Å². The molecule has 7 heteroatoms. The standard InChI is InChI=1S/C15H18N2O5/c1-4-22-15(20)12(9(2)19)13-10(8-18)17-7-5-6-11(21-3)14(17)16-13/h5-7,12,18H,4,8H2,1-3H3. The molecular weight excluding hydrogens is 288 g/mol. The van der Waals surface area contributed by atoms with Crippen LogP contribution in [0.2, 0.25) is 0 Å². The van der Waals surface area contributed by atoms with Gasteiger partial charge < -0.3 is 14.6 Å². The Hall–Kier alpha value is -2.41. The summed E-state index contributed by atoms with van der Waals surface area (Å²) in [5.74, 6) is -1.75.